The molecule has 4 aromatic rings. The molecule has 0 bridgehead atoms. The lowest BCUT2D eigenvalue weighted by Crippen LogP contribution is -2.14. The highest BCUT2D eigenvalue weighted by Crippen LogP contribution is 2.30. The molecule has 0 aliphatic heterocycles. The summed E-state index contributed by atoms with van der Waals surface area (Å²) in [7, 11) is 4.64. The molecule has 1 N–H and O–H groups in total. The quantitative estimate of drug-likeness (QED) is 0.255. The average molecular weight is 495 g/mol. The zero-order valence-electron chi connectivity index (χ0n) is 20.8. The highest BCUT2D eigenvalue weighted by atomic mass is 16.5. The monoisotopic (exact) mass is 494 g/mol. The molecule has 0 atom stereocenters. The third-order valence-electron chi connectivity index (χ3n) is 5.66. The van der Waals surface area contributed by atoms with E-state index in [0.717, 1.165) is 16.9 Å². The first-order valence-electron chi connectivity index (χ1n) is 11.5. The Morgan fingerprint density at radius 2 is 1.68 bits per heavy atom. The molecule has 0 saturated heterocycles. The SMILES string of the molecule is COc1ccc(-c2nn(Cc3ccccc3)cc2/C=C(\C#N)C(=O)Nc2ccc(OC)cc2OC)cc1. The summed E-state index contributed by atoms with van der Waals surface area (Å²) in [6.07, 6.45) is 3.37. The molecule has 0 fully saturated rings. The van der Waals surface area contributed by atoms with Gasteiger partial charge in [-0.2, -0.15) is 10.4 Å². The van der Waals surface area contributed by atoms with Crippen LogP contribution in [0, 0.1) is 11.3 Å². The molecule has 0 saturated carbocycles. The predicted octanol–water partition coefficient (Wildman–Crippen LogP) is 5.17. The van der Waals surface area contributed by atoms with Crippen LogP contribution in [0.15, 0.2) is 84.6 Å². The fraction of sp³-hybridized carbons (Fsp3) is 0.138. The van der Waals surface area contributed by atoms with Gasteiger partial charge in [-0.3, -0.25) is 9.48 Å². The molecule has 8 heteroatoms. The van der Waals surface area contributed by atoms with Crippen molar-refractivity contribution < 1.29 is 19.0 Å². The molecule has 3 aromatic carbocycles. The van der Waals surface area contributed by atoms with Gasteiger partial charge in [0.25, 0.3) is 5.91 Å². The van der Waals surface area contributed by atoms with Crippen LogP contribution in [0.3, 0.4) is 0 Å². The molecular formula is C29H26N4O4. The minimum absolute atomic E-state index is 0.0770. The number of carbonyl (C=O) groups excluding carboxylic acids is 1. The summed E-state index contributed by atoms with van der Waals surface area (Å²) in [4.78, 5) is 13.1. The summed E-state index contributed by atoms with van der Waals surface area (Å²) in [6, 6.07) is 24.4. The van der Waals surface area contributed by atoms with Crippen LogP contribution >= 0.6 is 0 Å². The van der Waals surface area contributed by atoms with E-state index in [-0.39, 0.29) is 5.57 Å². The highest BCUT2D eigenvalue weighted by Gasteiger charge is 2.17. The van der Waals surface area contributed by atoms with Crippen molar-refractivity contribution in [1.29, 1.82) is 5.26 Å². The Balaban J connectivity index is 1.69. The van der Waals surface area contributed by atoms with Gasteiger partial charge < -0.3 is 19.5 Å². The summed E-state index contributed by atoms with van der Waals surface area (Å²) < 4.78 is 17.6. The van der Waals surface area contributed by atoms with Crippen molar-refractivity contribution in [2.45, 2.75) is 6.54 Å². The van der Waals surface area contributed by atoms with Gasteiger partial charge >= 0.3 is 0 Å². The third kappa shape index (κ3) is 5.97. The topological polar surface area (TPSA) is 98.4 Å². The van der Waals surface area contributed by atoms with Crippen molar-refractivity contribution in [3.8, 4) is 34.6 Å². The van der Waals surface area contributed by atoms with Crippen molar-refractivity contribution in [2.24, 2.45) is 0 Å². The standard InChI is InChI=1S/C29H26N4O4/c1-35-24-11-9-21(10-12-24)28-23(19-33(32-28)18-20-7-5-4-6-8-20)15-22(17-30)29(34)31-26-14-13-25(36-2)16-27(26)37-3/h4-16,19H,18H2,1-3H3,(H,31,34)/b22-15+. The molecule has 0 radical (unpaired) electrons. The van der Waals surface area contributed by atoms with Gasteiger partial charge in [-0.25, -0.2) is 0 Å². The van der Waals surface area contributed by atoms with Crippen molar-refractivity contribution in [3.63, 3.8) is 0 Å². The Morgan fingerprint density at radius 1 is 0.973 bits per heavy atom. The number of amides is 1. The smallest absolute Gasteiger partial charge is 0.266 e. The van der Waals surface area contributed by atoms with Gasteiger partial charge in [-0.15, -0.1) is 0 Å². The van der Waals surface area contributed by atoms with Crippen LogP contribution in [-0.4, -0.2) is 37.0 Å². The summed E-state index contributed by atoms with van der Waals surface area (Å²) in [5, 5.41) is 17.4. The number of benzene rings is 3. The van der Waals surface area contributed by atoms with Crippen LogP contribution in [0.25, 0.3) is 17.3 Å². The summed E-state index contributed by atoms with van der Waals surface area (Å²) in [6.45, 7) is 0.537. The number of rotatable bonds is 9. The number of hydrogen-bond acceptors (Lipinski definition) is 6. The fourth-order valence-corrected chi connectivity index (χ4v) is 3.76. The number of methoxy groups -OCH3 is 3. The molecule has 37 heavy (non-hydrogen) atoms. The molecule has 0 aliphatic carbocycles. The molecule has 1 amide bonds. The van der Waals surface area contributed by atoms with Gasteiger partial charge in [0, 0.05) is 23.4 Å². The molecule has 8 nitrogen and oxygen atoms in total. The minimum Gasteiger partial charge on any atom is -0.497 e. The van der Waals surface area contributed by atoms with Crippen LogP contribution in [0.1, 0.15) is 11.1 Å². The molecule has 186 valence electrons. The second-order valence-corrected chi connectivity index (χ2v) is 8.03. The van der Waals surface area contributed by atoms with Crippen LogP contribution in [0.2, 0.25) is 0 Å². The second kappa shape index (κ2) is 11.6. The maximum Gasteiger partial charge on any atom is 0.266 e. The Labute approximate surface area is 215 Å². The van der Waals surface area contributed by atoms with Gasteiger partial charge in [0.2, 0.25) is 0 Å². The summed E-state index contributed by atoms with van der Waals surface area (Å²) in [5.41, 5.74) is 3.52. The molecule has 4 rings (SSSR count). The van der Waals surface area contributed by atoms with E-state index in [2.05, 4.69) is 5.32 Å². The fourth-order valence-electron chi connectivity index (χ4n) is 3.76. The van der Waals surface area contributed by atoms with E-state index in [1.165, 1.54) is 7.11 Å². The van der Waals surface area contributed by atoms with Crippen LogP contribution in [0.4, 0.5) is 5.69 Å². The first-order valence-corrected chi connectivity index (χ1v) is 11.5. The normalized spacial score (nSPS) is 10.9. The Kier molecular flexibility index (Phi) is 7.86. The zero-order valence-corrected chi connectivity index (χ0v) is 20.8. The summed E-state index contributed by atoms with van der Waals surface area (Å²) >= 11 is 0. The second-order valence-electron chi connectivity index (χ2n) is 8.03. The largest absolute Gasteiger partial charge is 0.497 e. The number of nitrogens with one attached hydrogen (secondary N) is 1. The Bertz CT molecular complexity index is 1450. The Morgan fingerprint density at radius 3 is 2.32 bits per heavy atom. The number of aromatic nitrogens is 2. The molecule has 1 heterocycles. The number of nitrogens with zero attached hydrogens (tertiary/aromatic N) is 3. The van der Waals surface area contributed by atoms with Gasteiger partial charge in [0.1, 0.15) is 28.9 Å². The van der Waals surface area contributed by atoms with Crippen LogP contribution in [0.5, 0.6) is 17.2 Å². The zero-order chi connectivity index (χ0) is 26.2. The van der Waals surface area contributed by atoms with Crippen molar-refractivity contribution in [1.82, 2.24) is 9.78 Å². The van der Waals surface area contributed by atoms with Gasteiger partial charge in [0.15, 0.2) is 0 Å². The molecule has 0 aliphatic rings. The van der Waals surface area contributed by atoms with Crippen molar-refractivity contribution in [3.05, 3.63) is 95.7 Å². The van der Waals surface area contributed by atoms with E-state index in [4.69, 9.17) is 19.3 Å². The molecular weight excluding hydrogens is 468 g/mol. The van der Waals surface area contributed by atoms with E-state index >= 15 is 0 Å². The average Bonchev–Trinajstić information content (AvgIpc) is 3.34. The lowest BCUT2D eigenvalue weighted by molar-refractivity contribution is -0.112. The number of hydrogen-bond donors (Lipinski definition) is 1. The predicted molar refractivity (Wildman–Crippen MR) is 142 cm³/mol. The Hall–Kier alpha value is -5.03. The van der Waals surface area contributed by atoms with E-state index in [1.54, 1.807) is 43.2 Å². The van der Waals surface area contributed by atoms with Gasteiger partial charge in [-0.05, 0) is 48.0 Å². The number of carbonyl (C=O) groups is 1. The van der Waals surface area contributed by atoms with Crippen LogP contribution < -0.4 is 19.5 Å². The molecule has 0 spiro atoms. The molecule has 0 unspecified atom stereocenters. The number of nitriles is 1. The van der Waals surface area contributed by atoms with E-state index < -0.39 is 5.91 Å². The van der Waals surface area contributed by atoms with E-state index in [0.29, 0.717) is 35.0 Å². The first kappa shape index (κ1) is 25.1. The third-order valence-corrected chi connectivity index (χ3v) is 5.66. The van der Waals surface area contributed by atoms with E-state index in [1.807, 2.05) is 66.9 Å². The van der Waals surface area contributed by atoms with Crippen molar-refractivity contribution in [2.75, 3.05) is 26.6 Å². The van der Waals surface area contributed by atoms with E-state index in [9.17, 15) is 10.1 Å². The number of anilines is 1. The van der Waals surface area contributed by atoms with Gasteiger partial charge in [-0.1, -0.05) is 30.3 Å². The lowest BCUT2D eigenvalue weighted by Gasteiger charge is -2.11. The first-order chi connectivity index (χ1) is 18.0. The maximum atomic E-state index is 13.1. The minimum atomic E-state index is -0.567. The van der Waals surface area contributed by atoms with Crippen molar-refractivity contribution >= 4 is 17.7 Å². The summed E-state index contributed by atoms with van der Waals surface area (Å²) in [5.74, 6) is 1.15. The highest BCUT2D eigenvalue weighted by molar-refractivity contribution is 6.10. The molecule has 1 aromatic heterocycles. The van der Waals surface area contributed by atoms with Gasteiger partial charge in [0.05, 0.1) is 39.3 Å². The lowest BCUT2D eigenvalue weighted by atomic mass is 10.1. The number of ether oxygens (including phenoxy) is 3. The van der Waals surface area contributed by atoms with Crippen LogP contribution in [-0.2, 0) is 11.3 Å². The maximum absolute atomic E-state index is 13.1.